The van der Waals surface area contributed by atoms with Crippen LogP contribution in [0, 0.1) is 0 Å². The standard InChI is InChI=1S/C17H19BrN4OS/c18-13-5-4-6-14(11-13)19-16(23)12-24-17-8-7-15(20-21-17)22-9-2-1-3-10-22/h4-8,11H,1-3,9-10,12H2,(H,19,23). The van der Waals surface area contributed by atoms with Crippen LogP contribution in [0.1, 0.15) is 19.3 Å². The molecular weight excluding hydrogens is 388 g/mol. The third-order valence-corrected chi connectivity index (χ3v) is 5.18. The van der Waals surface area contributed by atoms with Gasteiger partial charge in [0.05, 0.1) is 5.75 Å². The SMILES string of the molecule is O=C(CSc1ccc(N2CCCCC2)nn1)Nc1cccc(Br)c1. The minimum Gasteiger partial charge on any atom is -0.355 e. The molecule has 1 amide bonds. The van der Waals surface area contributed by atoms with Gasteiger partial charge < -0.3 is 10.2 Å². The number of nitrogens with one attached hydrogen (secondary N) is 1. The molecule has 0 atom stereocenters. The summed E-state index contributed by atoms with van der Waals surface area (Å²) in [5.41, 5.74) is 0.779. The number of aromatic nitrogens is 2. The summed E-state index contributed by atoms with van der Waals surface area (Å²) in [6.45, 7) is 2.10. The molecule has 1 aliphatic rings. The third-order valence-electron chi connectivity index (χ3n) is 3.77. The zero-order chi connectivity index (χ0) is 16.8. The fraction of sp³-hybridized carbons (Fsp3) is 0.353. The van der Waals surface area contributed by atoms with Crippen LogP contribution in [0.5, 0.6) is 0 Å². The summed E-state index contributed by atoms with van der Waals surface area (Å²) in [5.74, 6) is 1.18. The van der Waals surface area contributed by atoms with Gasteiger partial charge >= 0.3 is 0 Å². The van der Waals surface area contributed by atoms with Gasteiger partial charge in [-0.05, 0) is 49.6 Å². The normalized spacial score (nSPS) is 14.5. The number of benzene rings is 1. The van der Waals surface area contributed by atoms with Gasteiger partial charge in [-0.2, -0.15) is 0 Å². The second kappa shape index (κ2) is 8.48. The van der Waals surface area contributed by atoms with E-state index in [1.807, 2.05) is 36.4 Å². The van der Waals surface area contributed by atoms with Crippen molar-refractivity contribution in [1.29, 1.82) is 0 Å². The van der Waals surface area contributed by atoms with Crippen molar-refractivity contribution in [3.8, 4) is 0 Å². The average molecular weight is 407 g/mol. The van der Waals surface area contributed by atoms with Gasteiger partial charge in [-0.1, -0.05) is 33.8 Å². The van der Waals surface area contributed by atoms with Gasteiger partial charge in [0.2, 0.25) is 5.91 Å². The number of piperidine rings is 1. The van der Waals surface area contributed by atoms with Crippen LogP contribution in [0.15, 0.2) is 45.9 Å². The van der Waals surface area contributed by atoms with E-state index in [-0.39, 0.29) is 5.91 Å². The minimum absolute atomic E-state index is 0.0555. The van der Waals surface area contributed by atoms with Crippen molar-refractivity contribution in [2.24, 2.45) is 0 Å². The Morgan fingerprint density at radius 1 is 1.17 bits per heavy atom. The van der Waals surface area contributed by atoms with E-state index in [4.69, 9.17) is 0 Å². The van der Waals surface area contributed by atoms with E-state index < -0.39 is 0 Å². The fourth-order valence-electron chi connectivity index (χ4n) is 2.58. The van der Waals surface area contributed by atoms with Gasteiger partial charge in [-0.15, -0.1) is 10.2 Å². The second-order valence-corrected chi connectivity index (χ2v) is 7.54. The Kier molecular flexibility index (Phi) is 6.09. The molecule has 1 aliphatic heterocycles. The highest BCUT2D eigenvalue weighted by molar-refractivity contribution is 9.10. The molecule has 0 saturated carbocycles. The first-order valence-electron chi connectivity index (χ1n) is 7.97. The Labute approximate surface area is 154 Å². The molecule has 0 aliphatic carbocycles. The summed E-state index contributed by atoms with van der Waals surface area (Å²) < 4.78 is 0.937. The topological polar surface area (TPSA) is 58.1 Å². The van der Waals surface area contributed by atoms with E-state index in [2.05, 4.69) is 36.3 Å². The van der Waals surface area contributed by atoms with E-state index in [0.717, 1.165) is 34.1 Å². The number of rotatable bonds is 5. The number of nitrogens with zero attached hydrogens (tertiary/aromatic N) is 3. The van der Waals surface area contributed by atoms with Crippen LogP contribution >= 0.6 is 27.7 Å². The van der Waals surface area contributed by atoms with Crippen LogP contribution in [0.3, 0.4) is 0 Å². The lowest BCUT2D eigenvalue weighted by Gasteiger charge is -2.27. The quantitative estimate of drug-likeness (QED) is 0.761. The lowest BCUT2D eigenvalue weighted by atomic mass is 10.1. The molecule has 1 aromatic heterocycles. The number of anilines is 2. The molecule has 126 valence electrons. The molecular formula is C17H19BrN4OS. The fourth-order valence-corrected chi connectivity index (χ4v) is 3.60. The van der Waals surface area contributed by atoms with E-state index in [1.54, 1.807) is 0 Å². The predicted molar refractivity (Wildman–Crippen MR) is 102 cm³/mol. The summed E-state index contributed by atoms with van der Waals surface area (Å²) >= 11 is 4.78. The maximum atomic E-state index is 12.0. The van der Waals surface area contributed by atoms with Crippen molar-refractivity contribution in [3.05, 3.63) is 40.9 Å². The summed E-state index contributed by atoms with van der Waals surface area (Å²) in [4.78, 5) is 14.3. The highest BCUT2D eigenvalue weighted by atomic mass is 79.9. The Bertz CT molecular complexity index is 689. The molecule has 24 heavy (non-hydrogen) atoms. The zero-order valence-corrected chi connectivity index (χ0v) is 15.6. The number of carbonyl (C=O) groups is 1. The van der Waals surface area contributed by atoms with Gasteiger partial charge in [0, 0.05) is 23.2 Å². The lowest BCUT2D eigenvalue weighted by molar-refractivity contribution is -0.113. The Morgan fingerprint density at radius 3 is 2.71 bits per heavy atom. The number of hydrogen-bond donors (Lipinski definition) is 1. The summed E-state index contributed by atoms with van der Waals surface area (Å²) in [5, 5.41) is 12.2. The molecule has 0 unspecified atom stereocenters. The van der Waals surface area contributed by atoms with Gasteiger partial charge in [0.1, 0.15) is 5.03 Å². The first-order valence-corrected chi connectivity index (χ1v) is 9.75. The first-order chi connectivity index (χ1) is 11.7. The van der Waals surface area contributed by atoms with Crippen LogP contribution in [0.2, 0.25) is 0 Å². The molecule has 0 bridgehead atoms. The van der Waals surface area contributed by atoms with Crippen molar-refractivity contribution in [2.75, 3.05) is 29.1 Å². The summed E-state index contributed by atoms with van der Waals surface area (Å²) in [6, 6.07) is 11.5. The van der Waals surface area contributed by atoms with Gasteiger partial charge in [0.15, 0.2) is 5.82 Å². The smallest absolute Gasteiger partial charge is 0.234 e. The number of hydrogen-bond acceptors (Lipinski definition) is 5. The molecule has 1 aromatic carbocycles. The molecule has 2 heterocycles. The van der Waals surface area contributed by atoms with Crippen molar-refractivity contribution in [1.82, 2.24) is 10.2 Å². The number of halogens is 1. The van der Waals surface area contributed by atoms with Crippen molar-refractivity contribution >= 4 is 45.1 Å². The summed E-state index contributed by atoms with van der Waals surface area (Å²) in [6.07, 6.45) is 3.73. The highest BCUT2D eigenvalue weighted by Gasteiger charge is 2.12. The molecule has 5 nitrogen and oxygen atoms in total. The zero-order valence-electron chi connectivity index (χ0n) is 13.2. The largest absolute Gasteiger partial charge is 0.355 e. The van der Waals surface area contributed by atoms with E-state index >= 15 is 0 Å². The molecule has 2 aromatic rings. The maximum absolute atomic E-state index is 12.0. The molecule has 7 heteroatoms. The molecule has 1 N–H and O–H groups in total. The second-order valence-electron chi connectivity index (χ2n) is 5.62. The molecule has 3 rings (SSSR count). The van der Waals surface area contributed by atoms with Gasteiger partial charge in [0.25, 0.3) is 0 Å². The monoisotopic (exact) mass is 406 g/mol. The van der Waals surface area contributed by atoms with Gasteiger partial charge in [-0.3, -0.25) is 4.79 Å². The predicted octanol–water partition coefficient (Wildman–Crippen LogP) is 3.96. The molecule has 1 fully saturated rings. The Morgan fingerprint density at radius 2 is 2.00 bits per heavy atom. The van der Waals surface area contributed by atoms with Crippen LogP contribution in [-0.4, -0.2) is 34.9 Å². The van der Waals surface area contributed by atoms with E-state index in [9.17, 15) is 4.79 Å². The Balaban J connectivity index is 1.50. The molecule has 0 spiro atoms. The van der Waals surface area contributed by atoms with Crippen molar-refractivity contribution < 1.29 is 4.79 Å². The number of carbonyl (C=O) groups excluding carboxylic acids is 1. The Hall–Kier alpha value is -1.60. The van der Waals surface area contributed by atoms with E-state index in [0.29, 0.717) is 5.75 Å². The van der Waals surface area contributed by atoms with Crippen LogP contribution in [0.4, 0.5) is 11.5 Å². The van der Waals surface area contributed by atoms with Crippen LogP contribution in [0.25, 0.3) is 0 Å². The lowest BCUT2D eigenvalue weighted by Crippen LogP contribution is -2.30. The van der Waals surface area contributed by atoms with Crippen molar-refractivity contribution in [3.63, 3.8) is 0 Å². The molecule has 1 saturated heterocycles. The minimum atomic E-state index is -0.0555. The maximum Gasteiger partial charge on any atom is 0.234 e. The third kappa shape index (κ3) is 4.95. The van der Waals surface area contributed by atoms with Crippen LogP contribution in [-0.2, 0) is 4.79 Å². The number of amides is 1. The summed E-state index contributed by atoms with van der Waals surface area (Å²) in [7, 11) is 0. The molecule has 0 radical (unpaired) electrons. The average Bonchev–Trinajstić information content (AvgIpc) is 2.61. The van der Waals surface area contributed by atoms with Crippen molar-refractivity contribution in [2.45, 2.75) is 24.3 Å². The number of thioether (sulfide) groups is 1. The highest BCUT2D eigenvalue weighted by Crippen LogP contribution is 2.21. The van der Waals surface area contributed by atoms with Crippen LogP contribution < -0.4 is 10.2 Å². The van der Waals surface area contributed by atoms with E-state index in [1.165, 1.54) is 31.0 Å². The first kappa shape index (κ1) is 17.2. The van der Waals surface area contributed by atoms with Gasteiger partial charge in [-0.25, -0.2) is 0 Å².